The zero-order chi connectivity index (χ0) is 17.6. The fourth-order valence-electron chi connectivity index (χ4n) is 2.28. The van der Waals surface area contributed by atoms with E-state index in [1.54, 1.807) is 6.92 Å². The zero-order valence-electron chi connectivity index (χ0n) is 14.2. The van der Waals surface area contributed by atoms with Gasteiger partial charge in [-0.2, -0.15) is 10.1 Å². The predicted molar refractivity (Wildman–Crippen MR) is 97.6 cm³/mol. The second-order valence-corrected chi connectivity index (χ2v) is 5.52. The molecule has 3 aromatic rings. The van der Waals surface area contributed by atoms with Crippen molar-refractivity contribution in [2.75, 3.05) is 5.32 Å². The molecule has 0 bridgehead atoms. The van der Waals surface area contributed by atoms with Gasteiger partial charge in [-0.25, -0.2) is 4.98 Å². The summed E-state index contributed by atoms with van der Waals surface area (Å²) in [5.74, 6) is 2.30. The quantitative estimate of drug-likeness (QED) is 0.572. The van der Waals surface area contributed by atoms with Gasteiger partial charge in [-0.15, -0.1) is 12.4 Å². The predicted octanol–water partition coefficient (Wildman–Crippen LogP) is 2.01. The van der Waals surface area contributed by atoms with Crippen LogP contribution in [0.25, 0.3) is 11.4 Å². The van der Waals surface area contributed by atoms with Gasteiger partial charge in [0.25, 0.3) is 0 Å². The molecule has 26 heavy (non-hydrogen) atoms. The van der Waals surface area contributed by atoms with Crippen molar-refractivity contribution in [1.82, 2.24) is 25.3 Å². The first-order chi connectivity index (χ1) is 12.1. The highest BCUT2D eigenvalue weighted by Gasteiger charge is 2.08. The Morgan fingerprint density at radius 3 is 2.65 bits per heavy atom. The van der Waals surface area contributed by atoms with Crippen LogP contribution in [0.2, 0.25) is 0 Å². The molecular weight excluding hydrogens is 358 g/mol. The Hall–Kier alpha value is -2.78. The number of nitrogens with zero attached hydrogens (tertiary/aromatic N) is 4. The molecule has 0 atom stereocenters. The third-order valence-corrected chi connectivity index (χ3v) is 3.52. The molecule has 0 spiro atoms. The van der Waals surface area contributed by atoms with Gasteiger partial charge in [-0.3, -0.25) is 9.89 Å². The van der Waals surface area contributed by atoms with Gasteiger partial charge in [0.2, 0.25) is 11.8 Å². The Kier molecular flexibility index (Phi) is 6.81. The number of halogens is 1. The molecule has 0 saturated carbocycles. The number of hydrogen-bond acceptors (Lipinski definition) is 7. The number of carbonyl (C=O) groups is 1. The number of nitrogens with two attached hydrogens (primary N) is 1. The maximum absolute atomic E-state index is 12.0. The van der Waals surface area contributed by atoms with E-state index in [1.807, 2.05) is 24.3 Å². The number of rotatable bonds is 7. The molecule has 0 unspecified atom stereocenters. The molecule has 10 heteroatoms. The van der Waals surface area contributed by atoms with Gasteiger partial charge < -0.3 is 15.6 Å². The third kappa shape index (κ3) is 5.11. The number of amides is 1. The topological polar surface area (TPSA) is 136 Å². The number of nitrogens with one attached hydrogen (secondary N) is 2. The number of benzene rings is 1. The summed E-state index contributed by atoms with van der Waals surface area (Å²) in [5, 5.41) is 13.4. The summed E-state index contributed by atoms with van der Waals surface area (Å²) in [6.45, 7) is 2.07. The summed E-state index contributed by atoms with van der Waals surface area (Å²) in [6.07, 6.45) is 1.61. The molecule has 3 rings (SSSR count). The van der Waals surface area contributed by atoms with E-state index < -0.39 is 0 Å². The highest BCUT2D eigenvalue weighted by molar-refractivity contribution is 5.90. The van der Waals surface area contributed by atoms with Gasteiger partial charge in [-0.05, 0) is 37.6 Å². The molecule has 0 aliphatic heterocycles. The number of anilines is 1. The van der Waals surface area contributed by atoms with E-state index in [0.29, 0.717) is 49.2 Å². The van der Waals surface area contributed by atoms with Crippen molar-refractivity contribution in [3.8, 4) is 11.4 Å². The van der Waals surface area contributed by atoms with E-state index in [1.165, 1.54) is 0 Å². The summed E-state index contributed by atoms with van der Waals surface area (Å²) < 4.78 is 5.01. The molecule has 0 saturated heterocycles. The van der Waals surface area contributed by atoms with Crippen LogP contribution in [-0.2, 0) is 17.8 Å². The molecule has 1 amide bonds. The van der Waals surface area contributed by atoms with Crippen molar-refractivity contribution in [2.45, 2.75) is 32.7 Å². The fourth-order valence-corrected chi connectivity index (χ4v) is 2.28. The van der Waals surface area contributed by atoms with Crippen LogP contribution >= 0.6 is 12.4 Å². The number of aryl methyl sites for hydroxylation is 2. The molecule has 2 heterocycles. The Labute approximate surface area is 156 Å². The van der Waals surface area contributed by atoms with Gasteiger partial charge in [0, 0.05) is 24.1 Å². The SMILES string of the molecule is Cc1noc(CCCC(=O)Nc2ccc(-c3n[nH]c(CN)n3)cc2)n1.Cl. The largest absolute Gasteiger partial charge is 0.339 e. The lowest BCUT2D eigenvalue weighted by molar-refractivity contribution is -0.116. The van der Waals surface area contributed by atoms with Gasteiger partial charge in [0.1, 0.15) is 5.82 Å². The Morgan fingerprint density at radius 1 is 1.27 bits per heavy atom. The Balaban J connectivity index is 0.00000243. The Morgan fingerprint density at radius 2 is 2.04 bits per heavy atom. The van der Waals surface area contributed by atoms with Crippen LogP contribution in [0.5, 0.6) is 0 Å². The van der Waals surface area contributed by atoms with Crippen molar-refractivity contribution < 1.29 is 9.32 Å². The van der Waals surface area contributed by atoms with Crippen LogP contribution in [0, 0.1) is 6.92 Å². The highest BCUT2D eigenvalue weighted by Crippen LogP contribution is 2.18. The third-order valence-electron chi connectivity index (χ3n) is 3.52. The summed E-state index contributed by atoms with van der Waals surface area (Å²) in [4.78, 5) is 20.4. The smallest absolute Gasteiger partial charge is 0.226 e. The van der Waals surface area contributed by atoms with E-state index in [2.05, 4.69) is 30.6 Å². The number of aromatic amines is 1. The molecule has 2 aromatic heterocycles. The van der Waals surface area contributed by atoms with Crippen molar-refractivity contribution in [2.24, 2.45) is 5.73 Å². The average molecular weight is 378 g/mol. The van der Waals surface area contributed by atoms with E-state index in [0.717, 1.165) is 11.3 Å². The number of carbonyl (C=O) groups excluding carboxylic acids is 1. The van der Waals surface area contributed by atoms with Gasteiger partial charge in [-0.1, -0.05) is 5.16 Å². The maximum Gasteiger partial charge on any atom is 0.226 e. The maximum atomic E-state index is 12.0. The molecule has 138 valence electrons. The molecular formula is C16H20ClN7O2. The number of H-pyrrole nitrogens is 1. The van der Waals surface area contributed by atoms with E-state index in [9.17, 15) is 4.79 Å². The minimum absolute atomic E-state index is 0. The normalized spacial score (nSPS) is 10.4. The van der Waals surface area contributed by atoms with Crippen LogP contribution < -0.4 is 11.1 Å². The van der Waals surface area contributed by atoms with Crippen LogP contribution in [0.3, 0.4) is 0 Å². The first kappa shape index (κ1) is 19.5. The standard InChI is InChI=1S/C16H19N7O2.ClH/c1-10-18-15(25-23-10)4-2-3-14(24)19-12-7-5-11(6-8-12)16-20-13(9-17)21-22-16;/h5-8H,2-4,9,17H2,1H3,(H,19,24)(H,20,21,22);1H. The molecule has 9 nitrogen and oxygen atoms in total. The molecule has 0 aliphatic carbocycles. The van der Waals surface area contributed by atoms with Gasteiger partial charge >= 0.3 is 0 Å². The molecule has 1 aromatic carbocycles. The lowest BCUT2D eigenvalue weighted by atomic mass is 10.2. The van der Waals surface area contributed by atoms with E-state index >= 15 is 0 Å². The summed E-state index contributed by atoms with van der Waals surface area (Å²) in [5.41, 5.74) is 7.07. The number of hydrogen-bond donors (Lipinski definition) is 3. The zero-order valence-corrected chi connectivity index (χ0v) is 15.0. The minimum Gasteiger partial charge on any atom is -0.339 e. The lowest BCUT2D eigenvalue weighted by Gasteiger charge is -2.05. The lowest BCUT2D eigenvalue weighted by Crippen LogP contribution is -2.11. The Bertz CT molecular complexity index is 844. The molecule has 0 radical (unpaired) electrons. The van der Waals surface area contributed by atoms with Gasteiger partial charge in [0.15, 0.2) is 11.6 Å². The molecule has 0 fully saturated rings. The van der Waals surface area contributed by atoms with Crippen molar-refractivity contribution in [3.05, 3.63) is 41.8 Å². The average Bonchev–Trinajstić information content (AvgIpc) is 3.24. The minimum atomic E-state index is -0.0627. The van der Waals surface area contributed by atoms with Crippen LogP contribution in [0.4, 0.5) is 5.69 Å². The molecule has 4 N–H and O–H groups in total. The van der Waals surface area contributed by atoms with E-state index in [4.69, 9.17) is 10.3 Å². The second kappa shape index (κ2) is 9.07. The highest BCUT2D eigenvalue weighted by atomic mass is 35.5. The summed E-state index contributed by atoms with van der Waals surface area (Å²) in [6, 6.07) is 7.32. The molecule has 0 aliphatic rings. The van der Waals surface area contributed by atoms with E-state index in [-0.39, 0.29) is 18.3 Å². The fraction of sp³-hybridized carbons (Fsp3) is 0.312. The second-order valence-electron chi connectivity index (χ2n) is 5.52. The van der Waals surface area contributed by atoms with Crippen molar-refractivity contribution in [1.29, 1.82) is 0 Å². The van der Waals surface area contributed by atoms with Gasteiger partial charge in [0.05, 0.1) is 6.54 Å². The van der Waals surface area contributed by atoms with Crippen LogP contribution in [0.1, 0.15) is 30.4 Å². The number of aromatic nitrogens is 5. The monoisotopic (exact) mass is 377 g/mol. The summed E-state index contributed by atoms with van der Waals surface area (Å²) >= 11 is 0. The van der Waals surface area contributed by atoms with Crippen LogP contribution in [0.15, 0.2) is 28.8 Å². The van der Waals surface area contributed by atoms with Crippen LogP contribution in [-0.4, -0.2) is 31.2 Å². The first-order valence-corrected chi connectivity index (χ1v) is 7.95. The van der Waals surface area contributed by atoms with Crippen molar-refractivity contribution >= 4 is 24.0 Å². The van der Waals surface area contributed by atoms with Crippen molar-refractivity contribution in [3.63, 3.8) is 0 Å². The first-order valence-electron chi connectivity index (χ1n) is 7.95. The summed E-state index contributed by atoms with van der Waals surface area (Å²) in [7, 11) is 0.